The summed E-state index contributed by atoms with van der Waals surface area (Å²) in [5.41, 5.74) is 7.09. The van der Waals surface area contributed by atoms with Gasteiger partial charge in [-0.2, -0.15) is 0 Å². The van der Waals surface area contributed by atoms with Crippen molar-refractivity contribution in [3.05, 3.63) is 29.3 Å². The highest BCUT2D eigenvalue weighted by Gasteiger charge is 2.18. The first kappa shape index (κ1) is 19.0. The van der Waals surface area contributed by atoms with Gasteiger partial charge in [0.25, 0.3) is 0 Å². The molecular formula is C17H26N2O4. The van der Waals surface area contributed by atoms with Crippen molar-refractivity contribution in [1.29, 1.82) is 0 Å². The van der Waals surface area contributed by atoms with E-state index in [2.05, 4.69) is 5.32 Å². The standard InChI is InChI=1S/C17H26N2O4/c1-11(2)13-6-5-7-14(12(3)4)16(13)23-17(21)22-9-8-19-15(20)10-18/h5-7,11-12H,8-10,18H2,1-4H3,(H,19,20). The molecule has 0 aliphatic heterocycles. The fourth-order valence-electron chi connectivity index (χ4n) is 2.11. The summed E-state index contributed by atoms with van der Waals surface area (Å²) < 4.78 is 10.4. The van der Waals surface area contributed by atoms with Gasteiger partial charge in [-0.05, 0) is 23.0 Å². The summed E-state index contributed by atoms with van der Waals surface area (Å²) in [4.78, 5) is 22.9. The topological polar surface area (TPSA) is 90.6 Å². The third-order valence-electron chi connectivity index (χ3n) is 3.33. The highest BCUT2D eigenvalue weighted by molar-refractivity contribution is 5.77. The molecule has 0 saturated heterocycles. The Kier molecular flexibility index (Phi) is 7.54. The van der Waals surface area contributed by atoms with Crippen LogP contribution >= 0.6 is 0 Å². The highest BCUT2D eigenvalue weighted by Crippen LogP contribution is 2.34. The van der Waals surface area contributed by atoms with Crippen molar-refractivity contribution in [1.82, 2.24) is 5.32 Å². The lowest BCUT2D eigenvalue weighted by molar-refractivity contribution is -0.119. The Morgan fingerprint density at radius 1 is 1.13 bits per heavy atom. The van der Waals surface area contributed by atoms with Crippen LogP contribution in [0.15, 0.2) is 18.2 Å². The second-order valence-electron chi connectivity index (χ2n) is 5.83. The van der Waals surface area contributed by atoms with E-state index >= 15 is 0 Å². The maximum Gasteiger partial charge on any atom is 0.513 e. The number of hydrogen-bond donors (Lipinski definition) is 2. The molecule has 0 atom stereocenters. The molecule has 1 amide bonds. The third kappa shape index (κ3) is 5.90. The van der Waals surface area contributed by atoms with E-state index in [9.17, 15) is 9.59 Å². The summed E-state index contributed by atoms with van der Waals surface area (Å²) in [5.74, 6) is 0.711. The van der Waals surface area contributed by atoms with Crippen molar-refractivity contribution in [2.24, 2.45) is 5.73 Å². The molecule has 0 bridgehead atoms. The zero-order valence-electron chi connectivity index (χ0n) is 14.2. The van der Waals surface area contributed by atoms with Gasteiger partial charge in [-0.25, -0.2) is 4.79 Å². The Hall–Kier alpha value is -2.08. The van der Waals surface area contributed by atoms with Crippen molar-refractivity contribution in [3.8, 4) is 5.75 Å². The largest absolute Gasteiger partial charge is 0.513 e. The number of hydrogen-bond acceptors (Lipinski definition) is 5. The first-order valence-electron chi connectivity index (χ1n) is 7.81. The average molecular weight is 322 g/mol. The molecule has 0 spiro atoms. The van der Waals surface area contributed by atoms with E-state index in [0.29, 0.717) is 5.75 Å². The Morgan fingerprint density at radius 3 is 2.17 bits per heavy atom. The second-order valence-corrected chi connectivity index (χ2v) is 5.83. The van der Waals surface area contributed by atoms with Crippen molar-refractivity contribution in [2.75, 3.05) is 19.7 Å². The zero-order valence-corrected chi connectivity index (χ0v) is 14.2. The first-order valence-corrected chi connectivity index (χ1v) is 7.81. The van der Waals surface area contributed by atoms with Crippen LogP contribution in [0.25, 0.3) is 0 Å². The molecule has 0 aromatic heterocycles. The van der Waals surface area contributed by atoms with Gasteiger partial charge >= 0.3 is 6.16 Å². The molecular weight excluding hydrogens is 296 g/mol. The number of ether oxygens (including phenoxy) is 2. The predicted octanol–water partition coefficient (Wildman–Crippen LogP) is 2.52. The monoisotopic (exact) mass is 322 g/mol. The molecule has 0 heterocycles. The molecule has 1 aromatic carbocycles. The molecule has 6 heteroatoms. The van der Waals surface area contributed by atoms with Crippen LogP contribution in [0.1, 0.15) is 50.7 Å². The van der Waals surface area contributed by atoms with Gasteiger partial charge in [0.05, 0.1) is 13.1 Å². The molecule has 0 radical (unpaired) electrons. The van der Waals surface area contributed by atoms with Crippen LogP contribution in [-0.4, -0.2) is 31.8 Å². The number of carbonyl (C=O) groups is 2. The molecule has 23 heavy (non-hydrogen) atoms. The van der Waals surface area contributed by atoms with E-state index in [4.69, 9.17) is 15.2 Å². The third-order valence-corrected chi connectivity index (χ3v) is 3.33. The Balaban J connectivity index is 2.71. The molecule has 128 valence electrons. The van der Waals surface area contributed by atoms with Crippen LogP contribution in [-0.2, 0) is 9.53 Å². The summed E-state index contributed by atoms with van der Waals surface area (Å²) in [6.45, 7) is 8.31. The van der Waals surface area contributed by atoms with Crippen molar-refractivity contribution in [3.63, 3.8) is 0 Å². The summed E-state index contributed by atoms with van der Waals surface area (Å²) in [5, 5.41) is 2.51. The van der Waals surface area contributed by atoms with Gasteiger partial charge in [0.2, 0.25) is 5.91 Å². The number of carbonyl (C=O) groups excluding carboxylic acids is 2. The minimum absolute atomic E-state index is 0.0332. The van der Waals surface area contributed by atoms with E-state index in [1.54, 1.807) is 0 Å². The summed E-state index contributed by atoms with van der Waals surface area (Å²) >= 11 is 0. The lowest BCUT2D eigenvalue weighted by atomic mass is 9.94. The molecule has 6 nitrogen and oxygen atoms in total. The van der Waals surface area contributed by atoms with Crippen molar-refractivity contribution >= 4 is 12.1 Å². The smallest absolute Gasteiger partial charge is 0.432 e. The number of amides is 1. The molecule has 1 rings (SSSR count). The van der Waals surface area contributed by atoms with E-state index in [-0.39, 0.29) is 37.4 Å². The molecule has 1 aromatic rings. The number of rotatable bonds is 7. The lowest BCUT2D eigenvalue weighted by Crippen LogP contribution is -2.33. The number of benzene rings is 1. The van der Waals surface area contributed by atoms with Gasteiger partial charge in [-0.3, -0.25) is 4.79 Å². The van der Waals surface area contributed by atoms with Crippen LogP contribution in [0.2, 0.25) is 0 Å². The van der Waals surface area contributed by atoms with Crippen molar-refractivity contribution in [2.45, 2.75) is 39.5 Å². The highest BCUT2D eigenvalue weighted by atomic mass is 16.7. The van der Waals surface area contributed by atoms with Gasteiger partial charge in [0.1, 0.15) is 12.4 Å². The lowest BCUT2D eigenvalue weighted by Gasteiger charge is -2.18. The van der Waals surface area contributed by atoms with Gasteiger partial charge in [-0.15, -0.1) is 0 Å². The Bertz CT molecular complexity index is 515. The van der Waals surface area contributed by atoms with Crippen molar-refractivity contribution < 1.29 is 19.1 Å². The summed E-state index contributed by atoms with van der Waals surface area (Å²) in [6.07, 6.45) is -0.776. The minimum Gasteiger partial charge on any atom is -0.432 e. The summed E-state index contributed by atoms with van der Waals surface area (Å²) in [6, 6.07) is 5.85. The van der Waals surface area contributed by atoms with Gasteiger partial charge in [-0.1, -0.05) is 45.9 Å². The fraction of sp³-hybridized carbons (Fsp3) is 0.529. The summed E-state index contributed by atoms with van der Waals surface area (Å²) in [7, 11) is 0. The molecule has 3 N–H and O–H groups in total. The van der Waals surface area contributed by atoms with Gasteiger partial charge < -0.3 is 20.5 Å². The normalized spacial score (nSPS) is 10.7. The van der Waals surface area contributed by atoms with Crippen LogP contribution in [0.5, 0.6) is 5.75 Å². The van der Waals surface area contributed by atoms with Gasteiger partial charge in [0.15, 0.2) is 0 Å². The molecule has 0 aliphatic rings. The minimum atomic E-state index is -0.776. The second kappa shape index (κ2) is 9.15. The Morgan fingerprint density at radius 2 is 1.70 bits per heavy atom. The van der Waals surface area contributed by atoms with Gasteiger partial charge in [0, 0.05) is 0 Å². The predicted molar refractivity (Wildman–Crippen MR) is 88.7 cm³/mol. The average Bonchev–Trinajstić information content (AvgIpc) is 2.50. The fourth-order valence-corrected chi connectivity index (χ4v) is 2.11. The molecule has 0 fully saturated rings. The maximum absolute atomic E-state index is 11.9. The maximum atomic E-state index is 11.9. The SMILES string of the molecule is CC(C)c1cccc(C(C)C)c1OC(=O)OCCNC(=O)CN. The van der Waals surface area contributed by atoms with E-state index in [1.165, 1.54) is 0 Å². The number of nitrogens with one attached hydrogen (secondary N) is 1. The quantitative estimate of drug-likeness (QED) is 0.457. The van der Waals surface area contributed by atoms with E-state index < -0.39 is 6.16 Å². The van der Waals surface area contributed by atoms with Crippen LogP contribution < -0.4 is 15.8 Å². The zero-order chi connectivity index (χ0) is 17.4. The molecule has 0 unspecified atom stereocenters. The molecule has 0 aliphatic carbocycles. The number of nitrogens with two attached hydrogens (primary N) is 1. The van der Waals surface area contributed by atoms with E-state index in [1.807, 2.05) is 45.9 Å². The first-order chi connectivity index (χ1) is 10.9. The Labute approximate surface area is 137 Å². The van der Waals surface area contributed by atoms with E-state index in [0.717, 1.165) is 11.1 Å². The number of para-hydroxylation sites is 1. The molecule has 0 saturated carbocycles. The van der Waals surface area contributed by atoms with Crippen LogP contribution in [0, 0.1) is 0 Å². The van der Waals surface area contributed by atoms with Crippen LogP contribution in [0.4, 0.5) is 4.79 Å². The van der Waals surface area contributed by atoms with Crippen LogP contribution in [0.3, 0.4) is 0 Å².